The summed E-state index contributed by atoms with van der Waals surface area (Å²) in [6.07, 6.45) is 0.563. The van der Waals surface area contributed by atoms with E-state index in [0.717, 1.165) is 0 Å². The Morgan fingerprint density at radius 2 is 1.94 bits per heavy atom. The molecule has 1 heterocycles. The number of carboxylic acids is 1. The first-order valence-electron chi connectivity index (χ1n) is 5.32. The van der Waals surface area contributed by atoms with Crippen molar-refractivity contribution >= 4 is 17.8 Å². The molecule has 0 bridgehead atoms. The van der Waals surface area contributed by atoms with Crippen LogP contribution < -0.4 is 0 Å². The summed E-state index contributed by atoms with van der Waals surface area (Å²) in [5.41, 5.74) is 0. The van der Waals surface area contributed by atoms with Crippen molar-refractivity contribution in [2.24, 2.45) is 0 Å². The molecule has 1 fully saturated rings. The van der Waals surface area contributed by atoms with E-state index in [0.29, 0.717) is 19.6 Å². The fourth-order valence-corrected chi connectivity index (χ4v) is 1.65. The van der Waals surface area contributed by atoms with Gasteiger partial charge >= 0.3 is 5.97 Å². The van der Waals surface area contributed by atoms with Gasteiger partial charge in [-0.3, -0.25) is 24.2 Å². The molecule has 0 unspecified atom stereocenters. The molecule has 0 atom stereocenters. The SMILES string of the molecule is CCN(CCN1C(=O)CCC1=O)CC(=O)O. The molecule has 6 heteroatoms. The maximum Gasteiger partial charge on any atom is 0.317 e. The molecule has 0 aromatic rings. The third-order valence-corrected chi connectivity index (χ3v) is 2.60. The minimum absolute atomic E-state index is 0.0628. The Morgan fingerprint density at radius 3 is 2.38 bits per heavy atom. The van der Waals surface area contributed by atoms with Crippen LogP contribution in [0.3, 0.4) is 0 Å². The maximum atomic E-state index is 11.3. The molecule has 0 radical (unpaired) electrons. The molecule has 1 rings (SSSR count). The van der Waals surface area contributed by atoms with Gasteiger partial charge in [-0.05, 0) is 6.54 Å². The van der Waals surface area contributed by atoms with Gasteiger partial charge in [0.05, 0.1) is 6.54 Å². The van der Waals surface area contributed by atoms with Gasteiger partial charge in [0.2, 0.25) is 11.8 Å². The van der Waals surface area contributed by atoms with Gasteiger partial charge < -0.3 is 5.11 Å². The molecule has 1 saturated heterocycles. The molecule has 1 N–H and O–H groups in total. The van der Waals surface area contributed by atoms with Crippen LogP contribution in [0.25, 0.3) is 0 Å². The van der Waals surface area contributed by atoms with Crippen LogP contribution in [0.1, 0.15) is 19.8 Å². The number of hydrogen-bond acceptors (Lipinski definition) is 4. The van der Waals surface area contributed by atoms with Crippen molar-refractivity contribution in [3.63, 3.8) is 0 Å². The number of rotatable bonds is 6. The van der Waals surface area contributed by atoms with Gasteiger partial charge in [0.25, 0.3) is 0 Å². The second-order valence-corrected chi connectivity index (χ2v) is 3.70. The van der Waals surface area contributed by atoms with Crippen LogP contribution in [0.15, 0.2) is 0 Å². The number of carboxylic acid groups (broad SMARTS) is 1. The zero-order valence-corrected chi connectivity index (χ0v) is 9.31. The summed E-state index contributed by atoms with van der Waals surface area (Å²) >= 11 is 0. The molecule has 0 aromatic carbocycles. The van der Waals surface area contributed by atoms with Gasteiger partial charge in [0.15, 0.2) is 0 Å². The van der Waals surface area contributed by atoms with Crippen molar-refractivity contribution < 1.29 is 19.5 Å². The van der Waals surface area contributed by atoms with E-state index in [2.05, 4.69) is 0 Å². The van der Waals surface area contributed by atoms with E-state index in [9.17, 15) is 14.4 Å². The Hall–Kier alpha value is -1.43. The van der Waals surface area contributed by atoms with Gasteiger partial charge in [0.1, 0.15) is 0 Å². The lowest BCUT2D eigenvalue weighted by molar-refractivity contribution is -0.138. The van der Waals surface area contributed by atoms with E-state index in [1.165, 1.54) is 4.90 Å². The summed E-state index contributed by atoms with van der Waals surface area (Å²) in [5, 5.41) is 8.62. The Labute approximate surface area is 93.8 Å². The second kappa shape index (κ2) is 5.60. The molecule has 0 saturated carbocycles. The number of likely N-dealkylation sites (N-methyl/N-ethyl adjacent to an activating group) is 1. The Balaban J connectivity index is 2.39. The molecule has 0 aromatic heterocycles. The van der Waals surface area contributed by atoms with E-state index in [1.54, 1.807) is 4.90 Å². The topological polar surface area (TPSA) is 77.9 Å². The lowest BCUT2D eigenvalue weighted by atomic mass is 10.4. The first kappa shape index (κ1) is 12.6. The highest BCUT2D eigenvalue weighted by Gasteiger charge is 2.28. The van der Waals surface area contributed by atoms with Gasteiger partial charge in [-0.1, -0.05) is 6.92 Å². The molecule has 2 amide bonds. The smallest absolute Gasteiger partial charge is 0.317 e. The van der Waals surface area contributed by atoms with E-state index in [4.69, 9.17) is 5.11 Å². The molecule has 0 aliphatic carbocycles. The summed E-state index contributed by atoms with van der Waals surface area (Å²) in [7, 11) is 0. The maximum absolute atomic E-state index is 11.3. The lowest BCUT2D eigenvalue weighted by Gasteiger charge is -2.21. The molecule has 1 aliphatic heterocycles. The van der Waals surface area contributed by atoms with Crippen LogP contribution in [0.4, 0.5) is 0 Å². The number of carbonyl (C=O) groups excluding carboxylic acids is 2. The predicted molar refractivity (Wildman–Crippen MR) is 55.7 cm³/mol. The molecule has 90 valence electrons. The highest BCUT2D eigenvalue weighted by atomic mass is 16.4. The van der Waals surface area contributed by atoms with Crippen LogP contribution in [0.2, 0.25) is 0 Å². The van der Waals surface area contributed by atoms with E-state index in [1.807, 2.05) is 6.92 Å². The van der Waals surface area contributed by atoms with Crippen LogP contribution in [-0.4, -0.2) is 58.9 Å². The molecular weight excluding hydrogens is 212 g/mol. The van der Waals surface area contributed by atoms with Crippen molar-refractivity contribution in [3.8, 4) is 0 Å². The highest BCUT2D eigenvalue weighted by molar-refractivity contribution is 6.01. The zero-order chi connectivity index (χ0) is 12.1. The minimum Gasteiger partial charge on any atom is -0.480 e. The number of aliphatic carboxylic acids is 1. The Bertz CT molecular complexity index is 287. The van der Waals surface area contributed by atoms with Gasteiger partial charge in [-0.2, -0.15) is 0 Å². The van der Waals surface area contributed by atoms with Crippen LogP contribution in [-0.2, 0) is 14.4 Å². The number of hydrogen-bond donors (Lipinski definition) is 1. The molecule has 0 spiro atoms. The van der Waals surface area contributed by atoms with Crippen molar-refractivity contribution in [2.75, 3.05) is 26.2 Å². The van der Waals surface area contributed by atoms with Gasteiger partial charge in [-0.15, -0.1) is 0 Å². The monoisotopic (exact) mass is 228 g/mol. The minimum atomic E-state index is -0.902. The lowest BCUT2D eigenvalue weighted by Crippen LogP contribution is -2.39. The molecular formula is C10H16N2O4. The Morgan fingerprint density at radius 1 is 1.38 bits per heavy atom. The number of likely N-dealkylation sites (tertiary alicyclic amines) is 1. The van der Waals surface area contributed by atoms with Crippen LogP contribution in [0, 0.1) is 0 Å². The van der Waals surface area contributed by atoms with Gasteiger partial charge in [-0.25, -0.2) is 0 Å². The summed E-state index contributed by atoms with van der Waals surface area (Å²) in [4.78, 5) is 36.0. The zero-order valence-electron chi connectivity index (χ0n) is 9.31. The highest BCUT2D eigenvalue weighted by Crippen LogP contribution is 2.10. The summed E-state index contributed by atoms with van der Waals surface area (Å²) < 4.78 is 0. The van der Waals surface area contributed by atoms with Crippen LogP contribution in [0.5, 0.6) is 0 Å². The average molecular weight is 228 g/mol. The van der Waals surface area contributed by atoms with Crippen LogP contribution >= 0.6 is 0 Å². The average Bonchev–Trinajstić information content (AvgIpc) is 2.53. The largest absolute Gasteiger partial charge is 0.480 e. The number of nitrogens with zero attached hydrogens (tertiary/aromatic N) is 2. The van der Waals surface area contributed by atoms with Gasteiger partial charge in [0, 0.05) is 25.9 Å². The van der Waals surface area contributed by atoms with E-state index in [-0.39, 0.29) is 31.2 Å². The van der Waals surface area contributed by atoms with E-state index >= 15 is 0 Å². The molecule has 1 aliphatic rings. The van der Waals surface area contributed by atoms with E-state index < -0.39 is 5.97 Å². The summed E-state index contributed by atoms with van der Waals surface area (Å²) in [6, 6.07) is 0. The fourth-order valence-electron chi connectivity index (χ4n) is 1.65. The predicted octanol–water partition coefficient (Wildman–Crippen LogP) is -0.458. The quantitative estimate of drug-likeness (QED) is 0.622. The summed E-state index contributed by atoms with van der Waals surface area (Å²) in [5.74, 6) is -1.21. The van der Waals surface area contributed by atoms with Crippen molar-refractivity contribution in [1.82, 2.24) is 9.80 Å². The standard InChI is InChI=1S/C10H16N2O4/c1-2-11(7-10(15)16)5-6-12-8(13)3-4-9(12)14/h2-7H2,1H3,(H,15,16). The normalized spacial score (nSPS) is 16.2. The number of carbonyl (C=O) groups is 3. The molecule has 16 heavy (non-hydrogen) atoms. The van der Waals surface area contributed by atoms with Crippen molar-refractivity contribution in [1.29, 1.82) is 0 Å². The summed E-state index contributed by atoms with van der Waals surface area (Å²) in [6.45, 7) is 3.07. The molecule has 6 nitrogen and oxygen atoms in total. The Kier molecular flexibility index (Phi) is 4.42. The second-order valence-electron chi connectivity index (χ2n) is 3.70. The number of imide groups is 1. The first-order chi connectivity index (χ1) is 7.54. The fraction of sp³-hybridized carbons (Fsp3) is 0.700. The third kappa shape index (κ3) is 3.30. The number of amides is 2. The first-order valence-corrected chi connectivity index (χ1v) is 5.32. The van der Waals surface area contributed by atoms with Crippen molar-refractivity contribution in [2.45, 2.75) is 19.8 Å². The van der Waals surface area contributed by atoms with Crippen molar-refractivity contribution in [3.05, 3.63) is 0 Å². The third-order valence-electron chi connectivity index (χ3n) is 2.60.